The minimum atomic E-state index is 0.725. The molecule has 1 saturated carbocycles. The van der Waals surface area contributed by atoms with E-state index in [-0.39, 0.29) is 0 Å². The second-order valence-corrected chi connectivity index (χ2v) is 5.89. The Morgan fingerprint density at radius 1 is 1.06 bits per heavy atom. The fraction of sp³-hybridized carbons (Fsp3) is 0.647. The number of hydrogen-bond acceptors (Lipinski definition) is 1. The number of benzene rings is 1. The summed E-state index contributed by atoms with van der Waals surface area (Å²) >= 11 is 0. The molecule has 0 aliphatic heterocycles. The zero-order valence-corrected chi connectivity index (χ0v) is 12.1. The van der Waals surface area contributed by atoms with Crippen molar-refractivity contribution in [3.05, 3.63) is 34.9 Å². The highest BCUT2D eigenvalue weighted by atomic mass is 14.9. The maximum atomic E-state index is 3.65. The Morgan fingerprint density at radius 3 is 2.39 bits per heavy atom. The predicted molar refractivity (Wildman–Crippen MR) is 79.2 cm³/mol. The van der Waals surface area contributed by atoms with E-state index < -0.39 is 0 Å². The highest BCUT2D eigenvalue weighted by Gasteiger charge is 2.21. The van der Waals surface area contributed by atoms with Crippen LogP contribution in [0.5, 0.6) is 0 Å². The lowest BCUT2D eigenvalue weighted by Gasteiger charge is -2.21. The summed E-state index contributed by atoms with van der Waals surface area (Å²) in [5, 5.41) is 3.65. The van der Waals surface area contributed by atoms with Crippen molar-refractivity contribution in [2.24, 2.45) is 0 Å². The average Bonchev–Trinajstić information content (AvgIpc) is 2.54. The standard InChI is InChI=1S/C17H27N/c1-4-18-17-8-6-5-7-15(12-17)16-10-13(2)9-14(3)11-16/h9-11,15,17-18H,4-8,12H2,1-3H3. The quantitative estimate of drug-likeness (QED) is 0.782. The molecule has 18 heavy (non-hydrogen) atoms. The number of hydrogen-bond donors (Lipinski definition) is 1. The molecule has 1 nitrogen and oxygen atoms in total. The Balaban J connectivity index is 2.14. The maximum absolute atomic E-state index is 3.65. The van der Waals surface area contributed by atoms with Gasteiger partial charge in [0.15, 0.2) is 0 Å². The lowest BCUT2D eigenvalue weighted by Crippen LogP contribution is -2.29. The summed E-state index contributed by atoms with van der Waals surface area (Å²) in [5.41, 5.74) is 4.39. The normalized spacial score (nSPS) is 24.8. The molecule has 1 N–H and O–H groups in total. The Labute approximate surface area is 112 Å². The molecule has 2 unspecified atom stereocenters. The lowest BCUT2D eigenvalue weighted by atomic mass is 9.88. The van der Waals surface area contributed by atoms with Gasteiger partial charge in [-0.25, -0.2) is 0 Å². The van der Waals surface area contributed by atoms with Gasteiger partial charge in [0.05, 0.1) is 0 Å². The number of nitrogens with one attached hydrogen (secondary N) is 1. The summed E-state index contributed by atoms with van der Waals surface area (Å²) in [5.74, 6) is 0.759. The summed E-state index contributed by atoms with van der Waals surface area (Å²) in [6, 6.07) is 7.79. The van der Waals surface area contributed by atoms with Crippen molar-refractivity contribution >= 4 is 0 Å². The van der Waals surface area contributed by atoms with E-state index in [1.807, 2.05) is 0 Å². The summed E-state index contributed by atoms with van der Waals surface area (Å²) in [6.45, 7) is 7.75. The van der Waals surface area contributed by atoms with Crippen LogP contribution in [0.25, 0.3) is 0 Å². The minimum Gasteiger partial charge on any atom is -0.314 e. The molecule has 0 amide bonds. The molecule has 1 heteroatoms. The van der Waals surface area contributed by atoms with Crippen LogP contribution < -0.4 is 5.32 Å². The van der Waals surface area contributed by atoms with Crippen molar-refractivity contribution in [2.75, 3.05) is 6.54 Å². The van der Waals surface area contributed by atoms with Crippen LogP contribution in [-0.2, 0) is 0 Å². The molecule has 1 aliphatic carbocycles. The van der Waals surface area contributed by atoms with Gasteiger partial charge in [-0.2, -0.15) is 0 Å². The van der Waals surface area contributed by atoms with Crippen molar-refractivity contribution in [1.29, 1.82) is 0 Å². The van der Waals surface area contributed by atoms with Crippen molar-refractivity contribution in [1.82, 2.24) is 5.32 Å². The maximum Gasteiger partial charge on any atom is 0.00727 e. The fourth-order valence-corrected chi connectivity index (χ4v) is 3.38. The van der Waals surface area contributed by atoms with E-state index in [1.54, 1.807) is 5.56 Å². The average molecular weight is 245 g/mol. The second kappa shape index (κ2) is 6.38. The van der Waals surface area contributed by atoms with E-state index in [0.717, 1.165) is 18.5 Å². The zero-order valence-electron chi connectivity index (χ0n) is 12.1. The third kappa shape index (κ3) is 3.58. The Hall–Kier alpha value is -0.820. The first kappa shape index (κ1) is 13.6. The van der Waals surface area contributed by atoms with E-state index in [4.69, 9.17) is 0 Å². The van der Waals surface area contributed by atoms with Gasteiger partial charge < -0.3 is 5.32 Å². The minimum absolute atomic E-state index is 0.725. The van der Waals surface area contributed by atoms with Crippen molar-refractivity contribution < 1.29 is 0 Å². The molecule has 1 aliphatic rings. The van der Waals surface area contributed by atoms with E-state index in [2.05, 4.69) is 44.3 Å². The molecule has 1 aromatic carbocycles. The van der Waals surface area contributed by atoms with Crippen molar-refractivity contribution in [3.63, 3.8) is 0 Å². The second-order valence-electron chi connectivity index (χ2n) is 5.89. The molecule has 1 aromatic rings. The summed E-state index contributed by atoms with van der Waals surface area (Å²) < 4.78 is 0. The number of aryl methyl sites for hydroxylation is 2. The van der Waals surface area contributed by atoms with Gasteiger partial charge in [-0.1, -0.05) is 49.1 Å². The van der Waals surface area contributed by atoms with E-state index >= 15 is 0 Å². The third-order valence-corrected chi connectivity index (χ3v) is 4.13. The topological polar surface area (TPSA) is 12.0 Å². The molecule has 100 valence electrons. The predicted octanol–water partition coefficient (Wildman–Crippen LogP) is 4.33. The molecular formula is C17H27N. The van der Waals surface area contributed by atoms with Gasteiger partial charge in [-0.15, -0.1) is 0 Å². The van der Waals surface area contributed by atoms with Crippen molar-refractivity contribution in [2.45, 2.75) is 64.8 Å². The molecular weight excluding hydrogens is 218 g/mol. The van der Waals surface area contributed by atoms with E-state index in [0.29, 0.717) is 0 Å². The monoisotopic (exact) mass is 245 g/mol. The van der Waals surface area contributed by atoms with Gasteiger partial charge in [0, 0.05) is 6.04 Å². The first-order valence-corrected chi connectivity index (χ1v) is 7.50. The van der Waals surface area contributed by atoms with Gasteiger partial charge in [0.25, 0.3) is 0 Å². The molecule has 0 saturated heterocycles. The molecule has 1 fully saturated rings. The van der Waals surface area contributed by atoms with E-state index in [1.165, 1.54) is 43.2 Å². The molecule has 0 heterocycles. The lowest BCUT2D eigenvalue weighted by molar-refractivity contribution is 0.449. The zero-order chi connectivity index (χ0) is 13.0. The summed E-state index contributed by atoms with van der Waals surface area (Å²) in [4.78, 5) is 0. The third-order valence-electron chi connectivity index (χ3n) is 4.13. The van der Waals surface area contributed by atoms with Gasteiger partial charge in [0.2, 0.25) is 0 Å². The molecule has 0 radical (unpaired) electrons. The number of rotatable bonds is 3. The van der Waals surface area contributed by atoms with Gasteiger partial charge in [0.1, 0.15) is 0 Å². The highest BCUT2D eigenvalue weighted by molar-refractivity contribution is 5.31. The highest BCUT2D eigenvalue weighted by Crippen LogP contribution is 2.32. The van der Waals surface area contributed by atoms with Crippen LogP contribution in [0.3, 0.4) is 0 Å². The molecule has 2 rings (SSSR count). The summed E-state index contributed by atoms with van der Waals surface area (Å²) in [6.07, 6.45) is 6.81. The first-order valence-electron chi connectivity index (χ1n) is 7.50. The van der Waals surface area contributed by atoms with Gasteiger partial charge in [-0.3, -0.25) is 0 Å². The van der Waals surface area contributed by atoms with Crippen molar-refractivity contribution in [3.8, 4) is 0 Å². The molecule has 2 atom stereocenters. The molecule has 0 aromatic heterocycles. The Morgan fingerprint density at radius 2 is 1.72 bits per heavy atom. The van der Waals surface area contributed by atoms with Gasteiger partial charge in [-0.05, 0) is 51.1 Å². The smallest absolute Gasteiger partial charge is 0.00727 e. The van der Waals surface area contributed by atoms with Crippen LogP contribution >= 0.6 is 0 Å². The van der Waals surface area contributed by atoms with Crippen LogP contribution in [0, 0.1) is 13.8 Å². The summed E-state index contributed by atoms with van der Waals surface area (Å²) in [7, 11) is 0. The van der Waals surface area contributed by atoms with Crippen LogP contribution in [0.2, 0.25) is 0 Å². The fourth-order valence-electron chi connectivity index (χ4n) is 3.38. The Kier molecular flexibility index (Phi) is 4.82. The first-order chi connectivity index (χ1) is 8.69. The SMILES string of the molecule is CCNC1CCCCC(c2cc(C)cc(C)c2)C1. The van der Waals surface area contributed by atoms with Crippen LogP contribution in [0.1, 0.15) is 61.6 Å². The Bertz CT molecular complexity index is 363. The van der Waals surface area contributed by atoms with Crippen LogP contribution in [-0.4, -0.2) is 12.6 Å². The largest absolute Gasteiger partial charge is 0.314 e. The van der Waals surface area contributed by atoms with Gasteiger partial charge >= 0.3 is 0 Å². The van der Waals surface area contributed by atoms with Crippen LogP contribution in [0.15, 0.2) is 18.2 Å². The molecule has 0 bridgehead atoms. The molecule has 0 spiro atoms. The van der Waals surface area contributed by atoms with Crippen LogP contribution in [0.4, 0.5) is 0 Å². The van der Waals surface area contributed by atoms with E-state index in [9.17, 15) is 0 Å².